The molecule has 2 aromatic heterocycles. The van der Waals surface area contributed by atoms with Gasteiger partial charge in [0.25, 0.3) is 5.78 Å². The van der Waals surface area contributed by atoms with Gasteiger partial charge < -0.3 is 9.64 Å². The largest absolute Gasteiger partial charge is 0.368 e. The normalized spacial score (nSPS) is 21.0. The lowest BCUT2D eigenvalue weighted by Gasteiger charge is -2.39. The Morgan fingerprint density at radius 2 is 2.08 bits per heavy atom. The van der Waals surface area contributed by atoms with Crippen molar-refractivity contribution in [2.75, 3.05) is 13.2 Å². The van der Waals surface area contributed by atoms with E-state index >= 15 is 0 Å². The summed E-state index contributed by atoms with van der Waals surface area (Å²) in [5, 5.41) is 4.26. The van der Waals surface area contributed by atoms with Crippen molar-refractivity contribution in [1.82, 2.24) is 24.5 Å². The van der Waals surface area contributed by atoms with Crippen LogP contribution in [0, 0.1) is 6.92 Å². The number of hydrogen-bond acceptors (Lipinski definition) is 5. The molecular formula is C17H15Br2N5O2. The molecule has 0 N–H and O–H groups in total. The maximum absolute atomic E-state index is 12.1. The Labute approximate surface area is 168 Å². The highest BCUT2D eigenvalue weighted by Gasteiger charge is 2.36. The Morgan fingerprint density at radius 3 is 2.81 bits per heavy atom. The van der Waals surface area contributed by atoms with E-state index in [0.29, 0.717) is 18.9 Å². The van der Waals surface area contributed by atoms with E-state index in [1.807, 2.05) is 31.2 Å². The number of nitrogens with zero attached hydrogens (tertiary/aromatic N) is 5. The second kappa shape index (κ2) is 7.05. The van der Waals surface area contributed by atoms with E-state index in [9.17, 15) is 4.79 Å². The molecule has 0 spiro atoms. The Balaban J connectivity index is 1.90. The summed E-state index contributed by atoms with van der Waals surface area (Å²) in [6, 6.07) is 7.18. The van der Waals surface area contributed by atoms with Gasteiger partial charge in [-0.05, 0) is 36.8 Å². The minimum atomic E-state index is -0.745. The highest BCUT2D eigenvalue weighted by molar-refractivity contribution is 9.11. The molecule has 1 aromatic carbocycles. The molecule has 1 aliphatic rings. The second-order valence-corrected chi connectivity index (χ2v) is 7.85. The molecule has 26 heavy (non-hydrogen) atoms. The maximum atomic E-state index is 12.1. The molecule has 0 aliphatic carbocycles. The SMILES string of the molecule is [2H]C(=O)N1CCOC(c2cc(C)nc3ncnn23)C1c1cc(Br)cc(Br)c1. The Hall–Kier alpha value is -1.84. The number of ether oxygens (including phenoxy) is 1. The van der Waals surface area contributed by atoms with Crippen molar-refractivity contribution in [2.45, 2.75) is 19.1 Å². The van der Waals surface area contributed by atoms with Gasteiger partial charge in [0.1, 0.15) is 13.8 Å². The van der Waals surface area contributed by atoms with E-state index in [4.69, 9.17) is 6.11 Å². The standard InChI is InChI=1S/C17H15Br2N5O2/c1-10-4-14(24-17(22-10)20-8-21-24)16-15(23(9-25)2-3-26-16)11-5-12(18)7-13(19)6-11/h4-9,15-16H,2-3H2,1H3/i9D. The molecule has 3 heterocycles. The van der Waals surface area contributed by atoms with Crippen molar-refractivity contribution in [3.8, 4) is 0 Å². The first-order valence-corrected chi connectivity index (χ1v) is 9.55. The number of aryl methyl sites for hydroxylation is 1. The molecule has 2 unspecified atom stereocenters. The topological polar surface area (TPSA) is 72.6 Å². The summed E-state index contributed by atoms with van der Waals surface area (Å²) >= 11 is 7.00. The zero-order valence-electron chi connectivity index (χ0n) is 14.8. The van der Waals surface area contributed by atoms with E-state index in [1.165, 1.54) is 11.2 Å². The predicted molar refractivity (Wildman–Crippen MR) is 102 cm³/mol. The fourth-order valence-corrected chi connectivity index (χ4v) is 4.61. The highest BCUT2D eigenvalue weighted by atomic mass is 79.9. The monoisotopic (exact) mass is 480 g/mol. The first-order chi connectivity index (χ1) is 12.9. The van der Waals surface area contributed by atoms with E-state index in [0.717, 1.165) is 25.9 Å². The number of fused-ring (bicyclic) bond motifs is 1. The number of amides is 1. The predicted octanol–water partition coefficient (Wildman–Crippen LogP) is 3.23. The van der Waals surface area contributed by atoms with Crippen LogP contribution in [0.25, 0.3) is 5.78 Å². The summed E-state index contributed by atoms with van der Waals surface area (Å²) in [5.41, 5.74) is 2.36. The van der Waals surface area contributed by atoms with Crippen LogP contribution in [0.3, 0.4) is 0 Å². The Kier molecular flexibility index (Phi) is 4.43. The fourth-order valence-electron chi connectivity index (χ4n) is 3.28. The van der Waals surface area contributed by atoms with Crippen LogP contribution >= 0.6 is 31.9 Å². The van der Waals surface area contributed by atoms with Crippen LogP contribution in [-0.2, 0) is 9.53 Å². The molecule has 1 saturated heterocycles. The van der Waals surface area contributed by atoms with Gasteiger partial charge in [-0.2, -0.15) is 14.6 Å². The summed E-state index contributed by atoms with van der Waals surface area (Å²) in [4.78, 5) is 22.1. The lowest BCUT2D eigenvalue weighted by atomic mass is 9.96. The van der Waals surface area contributed by atoms with Crippen molar-refractivity contribution in [3.63, 3.8) is 0 Å². The van der Waals surface area contributed by atoms with Crippen LogP contribution in [-0.4, -0.2) is 44.0 Å². The molecule has 2 atom stereocenters. The Bertz CT molecular complexity index is 1010. The highest BCUT2D eigenvalue weighted by Crippen LogP contribution is 2.40. The number of rotatable bonds is 2. The van der Waals surface area contributed by atoms with Crippen molar-refractivity contribution in [3.05, 3.63) is 56.5 Å². The Morgan fingerprint density at radius 1 is 1.31 bits per heavy atom. The van der Waals surface area contributed by atoms with Crippen LogP contribution in [0.1, 0.15) is 30.5 Å². The van der Waals surface area contributed by atoms with Crippen LogP contribution < -0.4 is 0 Å². The molecule has 1 fully saturated rings. The fraction of sp³-hybridized carbons (Fsp3) is 0.294. The van der Waals surface area contributed by atoms with Crippen molar-refractivity contribution in [1.29, 1.82) is 0 Å². The number of carbonyl (C=O) groups excluding carboxylic acids is 1. The van der Waals surface area contributed by atoms with Crippen molar-refractivity contribution < 1.29 is 10.9 Å². The summed E-state index contributed by atoms with van der Waals surface area (Å²) in [5.74, 6) is 0.470. The molecule has 0 radical (unpaired) electrons. The summed E-state index contributed by atoms with van der Waals surface area (Å²) in [6.45, 7) is 2.55. The summed E-state index contributed by atoms with van der Waals surface area (Å²) < 4.78 is 17.2. The van der Waals surface area contributed by atoms with E-state index < -0.39 is 18.5 Å². The van der Waals surface area contributed by atoms with Gasteiger partial charge in [-0.3, -0.25) is 4.79 Å². The number of halogens is 2. The number of benzene rings is 1. The number of morpholine rings is 1. The van der Waals surface area contributed by atoms with Crippen LogP contribution in [0.15, 0.2) is 39.5 Å². The number of aromatic nitrogens is 4. The molecule has 0 bridgehead atoms. The van der Waals surface area contributed by atoms with Crippen LogP contribution in [0.4, 0.5) is 0 Å². The van der Waals surface area contributed by atoms with Crippen molar-refractivity contribution in [2.24, 2.45) is 0 Å². The first-order valence-electron chi connectivity index (χ1n) is 8.46. The van der Waals surface area contributed by atoms with Gasteiger partial charge in [0.2, 0.25) is 6.39 Å². The molecule has 0 saturated carbocycles. The van der Waals surface area contributed by atoms with Gasteiger partial charge in [0, 0.05) is 21.2 Å². The third-order valence-corrected chi connectivity index (χ3v) is 5.21. The summed E-state index contributed by atoms with van der Waals surface area (Å²) in [7, 11) is 0. The molecule has 7 nitrogen and oxygen atoms in total. The van der Waals surface area contributed by atoms with Gasteiger partial charge in [0.05, 0.1) is 18.3 Å². The van der Waals surface area contributed by atoms with Crippen LogP contribution in [0.5, 0.6) is 0 Å². The number of carbonyl (C=O) groups is 1. The van der Waals surface area contributed by atoms with Crippen molar-refractivity contribution >= 4 is 44.0 Å². The lowest BCUT2D eigenvalue weighted by molar-refractivity contribution is -0.134. The minimum absolute atomic E-state index is 0.332. The molecule has 9 heteroatoms. The molecule has 1 aliphatic heterocycles. The van der Waals surface area contributed by atoms with Gasteiger partial charge in [-0.15, -0.1) is 0 Å². The molecule has 134 valence electrons. The van der Waals surface area contributed by atoms with E-state index in [-0.39, 0.29) is 0 Å². The minimum Gasteiger partial charge on any atom is -0.368 e. The van der Waals surface area contributed by atoms with Gasteiger partial charge in [-0.25, -0.2) is 4.98 Å². The molecular weight excluding hydrogens is 466 g/mol. The zero-order chi connectivity index (χ0) is 19.1. The third kappa shape index (κ3) is 3.15. The van der Waals surface area contributed by atoms with E-state index in [1.54, 1.807) is 4.52 Å². The second-order valence-electron chi connectivity index (χ2n) is 6.02. The lowest BCUT2D eigenvalue weighted by Crippen LogP contribution is -2.41. The quantitative estimate of drug-likeness (QED) is 0.525. The molecule has 3 aromatic rings. The number of hydrogen-bond donors (Lipinski definition) is 0. The zero-order valence-corrected chi connectivity index (χ0v) is 16.9. The average molecular weight is 482 g/mol. The van der Waals surface area contributed by atoms with Gasteiger partial charge in [-0.1, -0.05) is 31.9 Å². The van der Waals surface area contributed by atoms with Crippen LogP contribution in [0.2, 0.25) is 0 Å². The summed E-state index contributed by atoms with van der Waals surface area (Å²) in [6.07, 6.45) is 0.178. The maximum Gasteiger partial charge on any atom is 0.252 e. The van der Waals surface area contributed by atoms with Gasteiger partial charge in [0.15, 0.2) is 0 Å². The molecule has 4 rings (SSSR count). The smallest absolute Gasteiger partial charge is 0.252 e. The van der Waals surface area contributed by atoms with Gasteiger partial charge >= 0.3 is 0 Å². The first kappa shape index (κ1) is 16.3. The third-order valence-electron chi connectivity index (χ3n) is 4.29. The average Bonchev–Trinajstić information content (AvgIpc) is 3.07. The van der Waals surface area contributed by atoms with E-state index in [2.05, 4.69) is 46.9 Å². The molecule has 1 amide bonds.